The molecule has 0 aromatic carbocycles. The molecule has 2 heterocycles. The third-order valence-corrected chi connectivity index (χ3v) is 3.65. The maximum Gasteiger partial charge on any atom is 0.0658 e. The molecule has 1 aromatic heterocycles. The Balaban J connectivity index is 1.82. The van der Waals surface area contributed by atoms with Gasteiger partial charge in [0.25, 0.3) is 0 Å². The molecule has 82 valence electrons. The summed E-state index contributed by atoms with van der Waals surface area (Å²) in [6, 6.07) is 2.34. The van der Waals surface area contributed by atoms with E-state index in [1.54, 1.807) is 0 Å². The predicted octanol–water partition coefficient (Wildman–Crippen LogP) is 1.76. The van der Waals surface area contributed by atoms with Gasteiger partial charge >= 0.3 is 0 Å². The summed E-state index contributed by atoms with van der Waals surface area (Å²) in [7, 11) is 2.09. The number of aryl methyl sites for hydroxylation is 1. The molecule has 1 atom stereocenters. The van der Waals surface area contributed by atoms with Gasteiger partial charge in [-0.1, -0.05) is 0 Å². The smallest absolute Gasteiger partial charge is 0.0658 e. The average Bonchev–Trinajstić information content (AvgIpc) is 3.04. The van der Waals surface area contributed by atoms with E-state index in [0.29, 0.717) is 5.92 Å². The summed E-state index contributed by atoms with van der Waals surface area (Å²) in [6.45, 7) is 2.31. The molecule has 3 nitrogen and oxygen atoms in total. The summed E-state index contributed by atoms with van der Waals surface area (Å²) in [5.41, 5.74) is 2.77. The number of rotatable bonds is 2. The Bertz CT molecular complexity index is 346. The van der Waals surface area contributed by atoms with Crippen LogP contribution in [0.5, 0.6) is 0 Å². The van der Waals surface area contributed by atoms with Crippen LogP contribution in [0.25, 0.3) is 0 Å². The minimum atomic E-state index is 0.684. The lowest BCUT2D eigenvalue weighted by molar-refractivity contribution is 0.441. The van der Waals surface area contributed by atoms with Crippen molar-refractivity contribution in [3.05, 3.63) is 17.5 Å². The number of nitrogens with one attached hydrogen (secondary N) is 1. The van der Waals surface area contributed by atoms with E-state index < -0.39 is 0 Å². The number of aromatic nitrogens is 2. The highest BCUT2D eigenvalue weighted by molar-refractivity contribution is 5.21. The van der Waals surface area contributed by atoms with E-state index in [0.717, 1.165) is 12.5 Å². The van der Waals surface area contributed by atoms with Gasteiger partial charge in [-0.25, -0.2) is 0 Å². The summed E-state index contributed by atoms with van der Waals surface area (Å²) >= 11 is 0. The Hall–Kier alpha value is -0.830. The second-order valence-corrected chi connectivity index (χ2v) is 4.94. The average molecular weight is 205 g/mol. The Morgan fingerprint density at radius 1 is 1.33 bits per heavy atom. The highest BCUT2D eigenvalue weighted by atomic mass is 15.3. The molecule has 1 N–H and O–H groups in total. The van der Waals surface area contributed by atoms with Gasteiger partial charge in [-0.15, -0.1) is 0 Å². The molecule has 0 bridgehead atoms. The molecule has 15 heavy (non-hydrogen) atoms. The van der Waals surface area contributed by atoms with Gasteiger partial charge in [0.2, 0.25) is 0 Å². The number of nitrogens with zero attached hydrogens (tertiary/aromatic N) is 2. The zero-order valence-electron chi connectivity index (χ0n) is 9.37. The van der Waals surface area contributed by atoms with Crippen molar-refractivity contribution in [1.82, 2.24) is 15.1 Å². The highest BCUT2D eigenvalue weighted by Gasteiger charge is 2.28. The lowest BCUT2D eigenvalue weighted by Gasteiger charge is -2.22. The van der Waals surface area contributed by atoms with Crippen LogP contribution in [-0.4, -0.2) is 22.9 Å². The second kappa shape index (κ2) is 3.63. The molecule has 3 heteroatoms. The summed E-state index contributed by atoms with van der Waals surface area (Å²) in [6.07, 6.45) is 5.31. The van der Waals surface area contributed by atoms with Crippen molar-refractivity contribution in [2.75, 3.05) is 13.1 Å². The molecule has 0 radical (unpaired) electrons. The van der Waals surface area contributed by atoms with Gasteiger partial charge in [-0.3, -0.25) is 4.68 Å². The van der Waals surface area contributed by atoms with Crippen LogP contribution in [0, 0.1) is 0 Å². The zero-order chi connectivity index (χ0) is 10.3. The Morgan fingerprint density at radius 2 is 2.20 bits per heavy atom. The van der Waals surface area contributed by atoms with Crippen LogP contribution in [0.3, 0.4) is 0 Å². The largest absolute Gasteiger partial charge is 0.316 e. The molecule has 1 aliphatic carbocycles. The normalized spacial score (nSPS) is 26.9. The first-order valence-corrected chi connectivity index (χ1v) is 6.09. The molecule has 2 aliphatic rings. The van der Waals surface area contributed by atoms with Crippen LogP contribution in [0.4, 0.5) is 0 Å². The van der Waals surface area contributed by atoms with E-state index in [4.69, 9.17) is 0 Å². The predicted molar refractivity (Wildman–Crippen MR) is 60.0 cm³/mol. The number of hydrogen-bond acceptors (Lipinski definition) is 2. The van der Waals surface area contributed by atoms with Crippen LogP contribution in [0.1, 0.15) is 48.9 Å². The van der Waals surface area contributed by atoms with Gasteiger partial charge in [0.05, 0.1) is 5.69 Å². The van der Waals surface area contributed by atoms with Crippen molar-refractivity contribution >= 4 is 0 Å². The molecular weight excluding hydrogens is 186 g/mol. The molecule has 0 amide bonds. The van der Waals surface area contributed by atoms with Gasteiger partial charge in [-0.2, -0.15) is 5.10 Å². The minimum absolute atomic E-state index is 0.684. The van der Waals surface area contributed by atoms with Crippen molar-refractivity contribution < 1.29 is 0 Å². The highest BCUT2D eigenvalue weighted by Crippen LogP contribution is 2.40. The van der Waals surface area contributed by atoms with Gasteiger partial charge in [0, 0.05) is 31.1 Å². The van der Waals surface area contributed by atoms with Gasteiger partial charge < -0.3 is 5.32 Å². The molecule has 0 spiro atoms. The molecule has 1 unspecified atom stereocenters. The summed E-state index contributed by atoms with van der Waals surface area (Å²) in [5.74, 6) is 1.46. The third-order valence-electron chi connectivity index (χ3n) is 3.65. The quantitative estimate of drug-likeness (QED) is 0.797. The Kier molecular flexibility index (Phi) is 2.28. The maximum absolute atomic E-state index is 4.64. The van der Waals surface area contributed by atoms with E-state index in [2.05, 4.69) is 28.2 Å². The first-order chi connectivity index (χ1) is 7.34. The van der Waals surface area contributed by atoms with Crippen LogP contribution in [-0.2, 0) is 7.05 Å². The lowest BCUT2D eigenvalue weighted by atomic mass is 9.96. The SMILES string of the molecule is Cn1nc(C2CC2)cc1C1CCCNC1. The molecular formula is C12H19N3. The second-order valence-electron chi connectivity index (χ2n) is 4.94. The van der Waals surface area contributed by atoms with Gasteiger partial charge in [0.15, 0.2) is 0 Å². The van der Waals surface area contributed by atoms with Crippen LogP contribution in [0.15, 0.2) is 6.07 Å². The Labute approximate surface area is 90.9 Å². The van der Waals surface area contributed by atoms with Gasteiger partial charge in [0.1, 0.15) is 0 Å². The maximum atomic E-state index is 4.64. The minimum Gasteiger partial charge on any atom is -0.316 e. The lowest BCUT2D eigenvalue weighted by Crippen LogP contribution is -2.29. The molecule has 1 saturated carbocycles. The van der Waals surface area contributed by atoms with Crippen molar-refractivity contribution in [3.8, 4) is 0 Å². The van der Waals surface area contributed by atoms with Crippen LogP contribution >= 0.6 is 0 Å². The first-order valence-electron chi connectivity index (χ1n) is 6.09. The van der Waals surface area contributed by atoms with Crippen molar-refractivity contribution in [1.29, 1.82) is 0 Å². The fourth-order valence-corrected chi connectivity index (χ4v) is 2.57. The summed E-state index contributed by atoms with van der Waals surface area (Å²) in [5, 5.41) is 8.11. The van der Waals surface area contributed by atoms with E-state index in [1.165, 1.54) is 43.6 Å². The zero-order valence-corrected chi connectivity index (χ0v) is 9.37. The van der Waals surface area contributed by atoms with E-state index in [-0.39, 0.29) is 0 Å². The fraction of sp³-hybridized carbons (Fsp3) is 0.750. The molecule has 1 saturated heterocycles. The molecule has 1 aromatic rings. The fourth-order valence-electron chi connectivity index (χ4n) is 2.57. The van der Waals surface area contributed by atoms with Crippen molar-refractivity contribution in [2.45, 2.75) is 37.5 Å². The molecule has 2 fully saturated rings. The number of piperidine rings is 1. The van der Waals surface area contributed by atoms with Crippen molar-refractivity contribution in [3.63, 3.8) is 0 Å². The van der Waals surface area contributed by atoms with E-state index in [1.807, 2.05) is 0 Å². The molecule has 1 aliphatic heterocycles. The topological polar surface area (TPSA) is 29.9 Å². The standard InChI is InChI=1S/C12H19N3/c1-15-12(10-3-2-6-13-8-10)7-11(14-15)9-4-5-9/h7,9-10,13H,2-6,8H2,1H3. The third kappa shape index (κ3) is 1.81. The van der Waals surface area contributed by atoms with Crippen LogP contribution < -0.4 is 5.32 Å². The van der Waals surface area contributed by atoms with Gasteiger partial charge in [-0.05, 0) is 38.3 Å². The van der Waals surface area contributed by atoms with Crippen molar-refractivity contribution in [2.24, 2.45) is 7.05 Å². The first kappa shape index (κ1) is 9.40. The Morgan fingerprint density at radius 3 is 2.87 bits per heavy atom. The van der Waals surface area contributed by atoms with E-state index in [9.17, 15) is 0 Å². The molecule has 3 rings (SSSR count). The number of hydrogen-bond donors (Lipinski definition) is 1. The van der Waals surface area contributed by atoms with Crippen LogP contribution in [0.2, 0.25) is 0 Å². The summed E-state index contributed by atoms with van der Waals surface area (Å²) in [4.78, 5) is 0. The summed E-state index contributed by atoms with van der Waals surface area (Å²) < 4.78 is 2.10. The van der Waals surface area contributed by atoms with E-state index >= 15 is 0 Å². The monoisotopic (exact) mass is 205 g/mol.